The van der Waals surface area contributed by atoms with E-state index in [0.29, 0.717) is 23.8 Å². The second-order valence-electron chi connectivity index (χ2n) is 6.17. The van der Waals surface area contributed by atoms with Crippen LogP contribution in [0.3, 0.4) is 0 Å². The van der Waals surface area contributed by atoms with Gasteiger partial charge in [0.2, 0.25) is 15.0 Å². The van der Waals surface area contributed by atoms with Crippen molar-refractivity contribution in [3.63, 3.8) is 0 Å². The first-order valence-electron chi connectivity index (χ1n) is 8.36. The standard InChI is InChI=1S/C16H19N5O2S2/c1-2-11-3-7-13(8-4-11)25(22,23)17-10-9-14-20-21-15(12-5-6-12)18-19-16(21)24-14/h3-4,7-8,12,17H,2,5-6,9-10H2,1H3. The van der Waals surface area contributed by atoms with Crippen molar-refractivity contribution in [2.24, 2.45) is 0 Å². The van der Waals surface area contributed by atoms with Crippen molar-refractivity contribution < 1.29 is 8.42 Å². The molecular formula is C16H19N5O2S2. The van der Waals surface area contributed by atoms with Gasteiger partial charge in [-0.3, -0.25) is 0 Å². The summed E-state index contributed by atoms with van der Waals surface area (Å²) in [4.78, 5) is 1.06. The van der Waals surface area contributed by atoms with Crippen LogP contribution in [0, 0.1) is 0 Å². The van der Waals surface area contributed by atoms with Gasteiger partial charge in [0.15, 0.2) is 5.82 Å². The summed E-state index contributed by atoms with van der Waals surface area (Å²) in [5, 5.41) is 13.7. The second kappa shape index (κ2) is 6.47. The molecule has 2 heterocycles. The molecule has 1 N–H and O–H groups in total. The highest BCUT2D eigenvalue weighted by Crippen LogP contribution is 2.39. The third-order valence-electron chi connectivity index (χ3n) is 4.27. The van der Waals surface area contributed by atoms with Crippen LogP contribution < -0.4 is 4.72 Å². The van der Waals surface area contributed by atoms with Crippen LogP contribution in [0.4, 0.5) is 0 Å². The minimum atomic E-state index is -3.49. The van der Waals surface area contributed by atoms with E-state index in [1.807, 2.05) is 19.1 Å². The molecule has 1 aliphatic carbocycles. The zero-order valence-electron chi connectivity index (χ0n) is 13.8. The fourth-order valence-corrected chi connectivity index (χ4v) is 4.52. The molecule has 4 rings (SSSR count). The van der Waals surface area contributed by atoms with Crippen molar-refractivity contribution in [3.05, 3.63) is 40.7 Å². The Morgan fingerprint density at radius 2 is 2.00 bits per heavy atom. The first-order valence-corrected chi connectivity index (χ1v) is 10.7. The highest BCUT2D eigenvalue weighted by molar-refractivity contribution is 7.89. The van der Waals surface area contributed by atoms with Crippen molar-refractivity contribution in [2.75, 3.05) is 6.54 Å². The molecule has 132 valence electrons. The van der Waals surface area contributed by atoms with E-state index < -0.39 is 10.0 Å². The van der Waals surface area contributed by atoms with E-state index in [1.165, 1.54) is 11.3 Å². The van der Waals surface area contributed by atoms with E-state index in [2.05, 4.69) is 20.0 Å². The summed E-state index contributed by atoms with van der Waals surface area (Å²) in [6, 6.07) is 6.98. The van der Waals surface area contributed by atoms with Crippen LogP contribution in [0.25, 0.3) is 4.96 Å². The molecule has 0 bridgehead atoms. The first kappa shape index (κ1) is 16.6. The maximum Gasteiger partial charge on any atom is 0.240 e. The van der Waals surface area contributed by atoms with Gasteiger partial charge in [-0.15, -0.1) is 10.2 Å². The second-order valence-corrected chi connectivity index (χ2v) is 8.98. The molecule has 0 saturated heterocycles. The van der Waals surface area contributed by atoms with Crippen LogP contribution in [0.15, 0.2) is 29.2 Å². The summed E-state index contributed by atoms with van der Waals surface area (Å²) in [7, 11) is -3.49. The number of aromatic nitrogens is 4. The van der Waals surface area contributed by atoms with Gasteiger partial charge in [-0.1, -0.05) is 30.4 Å². The Hall–Kier alpha value is -1.84. The molecule has 1 aliphatic rings. The molecule has 1 fully saturated rings. The third-order valence-corrected chi connectivity index (χ3v) is 6.71. The number of hydrogen-bond acceptors (Lipinski definition) is 6. The summed E-state index contributed by atoms with van der Waals surface area (Å²) in [5.41, 5.74) is 1.12. The van der Waals surface area contributed by atoms with Gasteiger partial charge < -0.3 is 0 Å². The molecule has 2 aromatic heterocycles. The lowest BCUT2D eigenvalue weighted by Crippen LogP contribution is -2.26. The van der Waals surface area contributed by atoms with Crippen LogP contribution in [-0.4, -0.2) is 34.8 Å². The molecule has 0 amide bonds. The lowest BCUT2D eigenvalue weighted by Gasteiger charge is -2.06. The zero-order chi connectivity index (χ0) is 17.4. The van der Waals surface area contributed by atoms with Crippen molar-refractivity contribution >= 4 is 26.3 Å². The van der Waals surface area contributed by atoms with Gasteiger partial charge in [-0.25, -0.2) is 13.1 Å². The van der Waals surface area contributed by atoms with Gasteiger partial charge in [-0.05, 0) is 37.0 Å². The van der Waals surface area contributed by atoms with Gasteiger partial charge in [-0.2, -0.15) is 9.61 Å². The molecular weight excluding hydrogens is 358 g/mol. The normalized spacial score (nSPS) is 15.1. The van der Waals surface area contributed by atoms with Crippen molar-refractivity contribution in [1.82, 2.24) is 24.5 Å². The average Bonchev–Trinajstić information content (AvgIpc) is 3.25. The minimum Gasteiger partial charge on any atom is -0.211 e. The monoisotopic (exact) mass is 377 g/mol. The number of rotatable bonds is 7. The van der Waals surface area contributed by atoms with Gasteiger partial charge >= 0.3 is 0 Å². The predicted octanol–water partition coefficient (Wildman–Crippen LogP) is 2.15. The van der Waals surface area contributed by atoms with E-state index in [-0.39, 0.29) is 0 Å². The third kappa shape index (κ3) is 3.44. The molecule has 0 spiro atoms. The Bertz CT molecular complexity index is 987. The number of fused-ring (bicyclic) bond motifs is 1. The molecule has 0 aliphatic heterocycles. The van der Waals surface area contributed by atoms with Gasteiger partial charge in [0.1, 0.15) is 5.01 Å². The minimum absolute atomic E-state index is 0.291. The van der Waals surface area contributed by atoms with E-state index in [1.54, 1.807) is 16.6 Å². The number of sulfonamides is 1. The van der Waals surface area contributed by atoms with E-state index in [4.69, 9.17) is 0 Å². The maximum absolute atomic E-state index is 12.3. The summed E-state index contributed by atoms with van der Waals surface area (Å²) in [5.74, 6) is 1.41. The van der Waals surface area contributed by atoms with Crippen LogP contribution in [0.5, 0.6) is 0 Å². The molecule has 0 radical (unpaired) electrons. The molecule has 0 atom stereocenters. The predicted molar refractivity (Wildman–Crippen MR) is 95.3 cm³/mol. The lowest BCUT2D eigenvalue weighted by molar-refractivity contribution is 0.581. The number of nitrogens with zero attached hydrogens (tertiary/aromatic N) is 4. The number of nitrogens with one attached hydrogen (secondary N) is 1. The van der Waals surface area contributed by atoms with Crippen LogP contribution >= 0.6 is 11.3 Å². The van der Waals surface area contributed by atoms with Crippen molar-refractivity contribution in [1.29, 1.82) is 0 Å². The molecule has 25 heavy (non-hydrogen) atoms. The fraction of sp³-hybridized carbons (Fsp3) is 0.438. The Labute approximate surface area is 150 Å². The number of benzene rings is 1. The van der Waals surface area contributed by atoms with E-state index in [0.717, 1.165) is 40.6 Å². The smallest absolute Gasteiger partial charge is 0.211 e. The van der Waals surface area contributed by atoms with E-state index >= 15 is 0 Å². The largest absolute Gasteiger partial charge is 0.240 e. The summed E-state index contributed by atoms with van der Waals surface area (Å²) in [6.07, 6.45) is 3.70. The zero-order valence-corrected chi connectivity index (χ0v) is 15.5. The topological polar surface area (TPSA) is 89.2 Å². The van der Waals surface area contributed by atoms with Gasteiger partial charge in [0.25, 0.3) is 0 Å². The average molecular weight is 377 g/mol. The molecule has 1 aromatic carbocycles. The number of hydrogen-bond donors (Lipinski definition) is 1. The highest BCUT2D eigenvalue weighted by Gasteiger charge is 2.30. The molecule has 9 heteroatoms. The van der Waals surface area contributed by atoms with Crippen molar-refractivity contribution in [2.45, 2.75) is 43.4 Å². The van der Waals surface area contributed by atoms with E-state index in [9.17, 15) is 8.42 Å². The SMILES string of the molecule is CCc1ccc(S(=O)(=O)NCCc2nn3c(C4CC4)nnc3s2)cc1. The lowest BCUT2D eigenvalue weighted by atomic mass is 10.2. The summed E-state index contributed by atoms with van der Waals surface area (Å²) in [6.45, 7) is 2.34. The van der Waals surface area contributed by atoms with Crippen LogP contribution in [0.1, 0.15) is 42.1 Å². The first-order chi connectivity index (χ1) is 12.1. The summed E-state index contributed by atoms with van der Waals surface area (Å²) >= 11 is 1.46. The summed E-state index contributed by atoms with van der Waals surface area (Å²) < 4.78 is 29.1. The Balaban J connectivity index is 1.40. The van der Waals surface area contributed by atoms with Gasteiger partial charge in [0.05, 0.1) is 4.90 Å². The number of aryl methyl sites for hydroxylation is 1. The molecule has 0 unspecified atom stereocenters. The molecule has 3 aromatic rings. The van der Waals surface area contributed by atoms with Gasteiger partial charge in [0, 0.05) is 18.9 Å². The molecule has 1 saturated carbocycles. The van der Waals surface area contributed by atoms with Crippen molar-refractivity contribution in [3.8, 4) is 0 Å². The molecule has 7 nitrogen and oxygen atoms in total. The van der Waals surface area contributed by atoms with Crippen LogP contribution in [0.2, 0.25) is 0 Å². The maximum atomic E-state index is 12.3. The van der Waals surface area contributed by atoms with Crippen LogP contribution in [-0.2, 0) is 22.9 Å². The highest BCUT2D eigenvalue weighted by atomic mass is 32.2. The Morgan fingerprint density at radius 3 is 2.68 bits per heavy atom. The Kier molecular flexibility index (Phi) is 4.30. The quantitative estimate of drug-likeness (QED) is 0.681. The Morgan fingerprint density at radius 1 is 1.24 bits per heavy atom. The fourth-order valence-electron chi connectivity index (χ4n) is 2.65.